The molecular formula is C23H29N3O. The van der Waals surface area contributed by atoms with Gasteiger partial charge in [-0.1, -0.05) is 36.4 Å². The van der Waals surface area contributed by atoms with E-state index in [9.17, 15) is 4.79 Å². The monoisotopic (exact) mass is 363 g/mol. The summed E-state index contributed by atoms with van der Waals surface area (Å²) in [6.07, 6.45) is 5.47. The maximum atomic E-state index is 12.2. The summed E-state index contributed by atoms with van der Waals surface area (Å²) >= 11 is 0. The lowest BCUT2D eigenvalue weighted by atomic mass is 10.0. The minimum Gasteiger partial charge on any atom is -0.371 e. The quantitative estimate of drug-likeness (QED) is 0.697. The summed E-state index contributed by atoms with van der Waals surface area (Å²) in [5.74, 6) is 0.0562. The lowest BCUT2D eigenvalue weighted by Gasteiger charge is -2.34. The lowest BCUT2D eigenvalue weighted by molar-refractivity contribution is -0.116. The number of amides is 1. The van der Waals surface area contributed by atoms with Crippen LogP contribution in [0.1, 0.15) is 24.8 Å². The van der Waals surface area contributed by atoms with Crippen LogP contribution < -0.4 is 15.5 Å². The molecule has 0 unspecified atom stereocenters. The SMILES string of the molecule is C=CCNC1CCN(c2ccc(NC(=O)CCc3ccccc3)cc2)CC1. The van der Waals surface area contributed by atoms with E-state index in [-0.39, 0.29) is 5.91 Å². The summed E-state index contributed by atoms with van der Waals surface area (Å²) < 4.78 is 0. The highest BCUT2D eigenvalue weighted by atomic mass is 16.1. The van der Waals surface area contributed by atoms with Crippen molar-refractivity contribution in [2.45, 2.75) is 31.7 Å². The van der Waals surface area contributed by atoms with Gasteiger partial charge in [-0.25, -0.2) is 0 Å². The average Bonchev–Trinajstić information content (AvgIpc) is 2.72. The van der Waals surface area contributed by atoms with Gasteiger partial charge in [-0.3, -0.25) is 4.79 Å². The number of nitrogens with zero attached hydrogens (tertiary/aromatic N) is 1. The minimum atomic E-state index is 0.0562. The van der Waals surface area contributed by atoms with Crippen LogP contribution in [0.15, 0.2) is 67.3 Å². The number of hydrogen-bond acceptors (Lipinski definition) is 3. The van der Waals surface area contributed by atoms with Crippen molar-refractivity contribution >= 4 is 17.3 Å². The highest BCUT2D eigenvalue weighted by molar-refractivity contribution is 5.91. The zero-order valence-corrected chi connectivity index (χ0v) is 15.9. The van der Waals surface area contributed by atoms with Gasteiger partial charge >= 0.3 is 0 Å². The Morgan fingerprint density at radius 2 is 1.78 bits per heavy atom. The molecule has 4 nitrogen and oxygen atoms in total. The first-order chi connectivity index (χ1) is 13.2. The molecule has 2 aromatic rings. The Kier molecular flexibility index (Phi) is 7.05. The van der Waals surface area contributed by atoms with Gasteiger partial charge in [-0.05, 0) is 49.1 Å². The number of hydrogen-bond donors (Lipinski definition) is 2. The van der Waals surface area contributed by atoms with Crippen LogP contribution in [0.3, 0.4) is 0 Å². The van der Waals surface area contributed by atoms with Crippen LogP contribution in [0, 0.1) is 0 Å². The van der Waals surface area contributed by atoms with E-state index in [4.69, 9.17) is 0 Å². The van der Waals surface area contributed by atoms with Gasteiger partial charge in [-0.2, -0.15) is 0 Å². The maximum absolute atomic E-state index is 12.2. The van der Waals surface area contributed by atoms with Crippen LogP contribution in [-0.2, 0) is 11.2 Å². The van der Waals surface area contributed by atoms with Crippen LogP contribution in [-0.4, -0.2) is 31.6 Å². The summed E-state index contributed by atoms with van der Waals surface area (Å²) in [5.41, 5.74) is 3.27. The van der Waals surface area contributed by atoms with Gasteiger partial charge in [0.2, 0.25) is 5.91 Å². The predicted octanol–water partition coefficient (Wildman–Crippen LogP) is 4.00. The molecule has 0 radical (unpaired) electrons. The van der Waals surface area contributed by atoms with E-state index in [1.165, 1.54) is 11.3 Å². The molecule has 1 fully saturated rings. The van der Waals surface area contributed by atoms with Crippen LogP contribution in [0.2, 0.25) is 0 Å². The van der Waals surface area contributed by atoms with Crippen LogP contribution in [0.4, 0.5) is 11.4 Å². The van der Waals surface area contributed by atoms with Gasteiger partial charge in [0.15, 0.2) is 0 Å². The highest BCUT2D eigenvalue weighted by Gasteiger charge is 2.18. The molecule has 4 heteroatoms. The highest BCUT2D eigenvalue weighted by Crippen LogP contribution is 2.22. The van der Waals surface area contributed by atoms with Gasteiger partial charge < -0.3 is 15.5 Å². The number of piperidine rings is 1. The third kappa shape index (κ3) is 5.97. The van der Waals surface area contributed by atoms with Crippen molar-refractivity contribution in [2.24, 2.45) is 0 Å². The molecule has 142 valence electrons. The summed E-state index contributed by atoms with van der Waals surface area (Å²) in [7, 11) is 0. The molecule has 1 aliphatic heterocycles. The lowest BCUT2D eigenvalue weighted by Crippen LogP contribution is -2.42. The molecule has 1 aliphatic rings. The largest absolute Gasteiger partial charge is 0.371 e. The molecule has 0 atom stereocenters. The van der Waals surface area contributed by atoms with Crippen molar-refractivity contribution in [3.8, 4) is 0 Å². The zero-order chi connectivity index (χ0) is 18.9. The molecule has 27 heavy (non-hydrogen) atoms. The molecule has 0 bridgehead atoms. The fraction of sp³-hybridized carbons (Fsp3) is 0.348. The molecule has 2 N–H and O–H groups in total. The Hall–Kier alpha value is -2.59. The third-order valence-electron chi connectivity index (χ3n) is 5.05. The number of rotatable bonds is 8. The van der Waals surface area contributed by atoms with Gasteiger partial charge in [0.1, 0.15) is 0 Å². The Balaban J connectivity index is 1.44. The Morgan fingerprint density at radius 1 is 1.07 bits per heavy atom. The van der Waals surface area contributed by atoms with E-state index < -0.39 is 0 Å². The topological polar surface area (TPSA) is 44.4 Å². The summed E-state index contributed by atoms with van der Waals surface area (Å²) in [5, 5.41) is 6.50. The molecule has 0 saturated carbocycles. The van der Waals surface area contributed by atoms with Crippen molar-refractivity contribution in [2.75, 3.05) is 29.9 Å². The first kappa shape index (κ1) is 19.2. The van der Waals surface area contributed by atoms with Crippen LogP contribution >= 0.6 is 0 Å². The van der Waals surface area contributed by atoms with Gasteiger partial charge in [-0.15, -0.1) is 6.58 Å². The van der Waals surface area contributed by atoms with E-state index in [2.05, 4.69) is 46.4 Å². The molecule has 0 spiro atoms. The van der Waals surface area contributed by atoms with Crippen molar-refractivity contribution < 1.29 is 4.79 Å². The first-order valence-electron chi connectivity index (χ1n) is 9.77. The van der Waals surface area contributed by atoms with Crippen molar-refractivity contribution in [3.05, 3.63) is 72.8 Å². The van der Waals surface area contributed by atoms with Crippen LogP contribution in [0.5, 0.6) is 0 Å². The van der Waals surface area contributed by atoms with Crippen molar-refractivity contribution in [1.82, 2.24) is 5.32 Å². The normalized spacial score (nSPS) is 14.7. The molecule has 0 aromatic heterocycles. The van der Waals surface area contributed by atoms with E-state index in [1.54, 1.807) is 0 Å². The fourth-order valence-corrected chi connectivity index (χ4v) is 3.47. The summed E-state index contributed by atoms with van der Waals surface area (Å²) in [4.78, 5) is 14.6. The standard InChI is InChI=1S/C23H29N3O/c1-2-16-24-20-14-17-26(18-15-20)22-11-9-21(10-12-22)25-23(27)13-8-19-6-4-3-5-7-19/h2-7,9-12,20,24H,1,8,13-18H2,(H,25,27). The molecule has 1 saturated heterocycles. The second kappa shape index (κ2) is 9.93. The van der Waals surface area contributed by atoms with Crippen LogP contribution in [0.25, 0.3) is 0 Å². The van der Waals surface area contributed by atoms with Crippen molar-refractivity contribution in [1.29, 1.82) is 0 Å². The van der Waals surface area contributed by atoms with Gasteiger partial charge in [0, 0.05) is 43.5 Å². The number of carbonyl (C=O) groups excluding carboxylic acids is 1. The van der Waals surface area contributed by atoms with E-state index in [0.29, 0.717) is 12.5 Å². The Morgan fingerprint density at radius 3 is 2.44 bits per heavy atom. The number of benzene rings is 2. The minimum absolute atomic E-state index is 0.0562. The maximum Gasteiger partial charge on any atom is 0.224 e. The molecule has 1 heterocycles. The fourth-order valence-electron chi connectivity index (χ4n) is 3.47. The van der Waals surface area contributed by atoms with E-state index >= 15 is 0 Å². The predicted molar refractivity (Wildman–Crippen MR) is 113 cm³/mol. The van der Waals surface area contributed by atoms with Gasteiger partial charge in [0.05, 0.1) is 0 Å². The smallest absolute Gasteiger partial charge is 0.224 e. The van der Waals surface area contributed by atoms with Gasteiger partial charge in [0.25, 0.3) is 0 Å². The Labute approximate surface area is 162 Å². The summed E-state index contributed by atoms with van der Waals surface area (Å²) in [6, 6.07) is 18.9. The molecule has 2 aromatic carbocycles. The zero-order valence-electron chi connectivity index (χ0n) is 15.9. The number of anilines is 2. The number of aryl methyl sites for hydroxylation is 1. The number of carbonyl (C=O) groups is 1. The molecule has 3 rings (SSSR count). The second-order valence-corrected chi connectivity index (χ2v) is 7.04. The van der Waals surface area contributed by atoms with E-state index in [1.807, 2.05) is 36.4 Å². The van der Waals surface area contributed by atoms with E-state index in [0.717, 1.165) is 44.6 Å². The molecular weight excluding hydrogens is 334 g/mol. The molecule has 1 amide bonds. The second-order valence-electron chi connectivity index (χ2n) is 7.04. The third-order valence-corrected chi connectivity index (χ3v) is 5.05. The average molecular weight is 364 g/mol. The Bertz CT molecular complexity index is 719. The summed E-state index contributed by atoms with van der Waals surface area (Å²) in [6.45, 7) is 6.74. The van der Waals surface area contributed by atoms with Crippen molar-refractivity contribution in [3.63, 3.8) is 0 Å². The molecule has 0 aliphatic carbocycles. The first-order valence-corrected chi connectivity index (χ1v) is 9.77. The number of nitrogens with one attached hydrogen (secondary N) is 2.